The third kappa shape index (κ3) is 2.56. The maximum absolute atomic E-state index is 3.85. The topological polar surface area (TPSA) is 15.3 Å². The van der Waals surface area contributed by atoms with E-state index < -0.39 is 0 Å². The second-order valence-corrected chi connectivity index (χ2v) is 6.20. The van der Waals surface area contributed by atoms with Crippen molar-refractivity contribution in [2.24, 2.45) is 0 Å². The smallest absolute Gasteiger partial charge is 0.0476 e. The van der Waals surface area contributed by atoms with Crippen LogP contribution in [0.25, 0.3) is 0 Å². The van der Waals surface area contributed by atoms with E-state index in [-0.39, 0.29) is 0 Å². The molecular weight excluding hydrogens is 232 g/mol. The number of benzene rings is 1. The van der Waals surface area contributed by atoms with Crippen molar-refractivity contribution in [3.8, 4) is 0 Å². The quantitative estimate of drug-likeness (QED) is 0.891. The summed E-state index contributed by atoms with van der Waals surface area (Å²) in [6.07, 6.45) is 5.25. The fraction of sp³-hybridized carbons (Fsp3) is 0.647. The van der Waals surface area contributed by atoms with Crippen LogP contribution in [0.2, 0.25) is 0 Å². The van der Waals surface area contributed by atoms with Gasteiger partial charge in [0.25, 0.3) is 0 Å². The molecule has 0 radical (unpaired) electrons. The highest BCUT2D eigenvalue weighted by atomic mass is 15.3. The van der Waals surface area contributed by atoms with Gasteiger partial charge in [0, 0.05) is 30.7 Å². The number of nitrogens with zero attached hydrogens (tertiary/aromatic N) is 1. The Morgan fingerprint density at radius 3 is 2.42 bits per heavy atom. The summed E-state index contributed by atoms with van der Waals surface area (Å²) in [7, 11) is 0. The molecule has 1 aromatic rings. The lowest BCUT2D eigenvalue weighted by Gasteiger charge is -2.48. The van der Waals surface area contributed by atoms with Crippen LogP contribution in [0.3, 0.4) is 0 Å². The standard InChI is InChI=1S/C17H26N2/c1-3-17(4-2)13-19(15-10-11-15)16(12-18-17)14-8-6-5-7-9-14/h5-9,15-16,18H,3-4,10-13H2,1-2H3. The molecule has 1 aromatic carbocycles. The largest absolute Gasteiger partial charge is 0.308 e. The summed E-state index contributed by atoms with van der Waals surface area (Å²) in [5, 5.41) is 3.85. The van der Waals surface area contributed by atoms with Gasteiger partial charge in [-0.2, -0.15) is 0 Å². The summed E-state index contributed by atoms with van der Waals surface area (Å²) in [6.45, 7) is 6.96. The van der Waals surface area contributed by atoms with Gasteiger partial charge in [0.15, 0.2) is 0 Å². The Kier molecular flexibility index (Phi) is 3.64. The molecule has 1 atom stereocenters. The minimum absolute atomic E-state index is 0.341. The van der Waals surface area contributed by atoms with Crippen molar-refractivity contribution < 1.29 is 0 Å². The van der Waals surface area contributed by atoms with Crippen molar-refractivity contribution in [2.75, 3.05) is 13.1 Å². The lowest BCUT2D eigenvalue weighted by atomic mass is 9.87. The van der Waals surface area contributed by atoms with Crippen LogP contribution in [-0.4, -0.2) is 29.6 Å². The summed E-state index contributed by atoms with van der Waals surface area (Å²) in [6, 6.07) is 12.4. The zero-order chi connectivity index (χ0) is 13.3. The minimum atomic E-state index is 0.341. The number of rotatable bonds is 4. The van der Waals surface area contributed by atoms with Crippen LogP contribution < -0.4 is 5.32 Å². The Balaban J connectivity index is 1.82. The second-order valence-electron chi connectivity index (χ2n) is 6.20. The normalized spacial score (nSPS) is 27.4. The Labute approximate surface area is 117 Å². The van der Waals surface area contributed by atoms with Crippen LogP contribution in [-0.2, 0) is 0 Å². The molecule has 1 aliphatic heterocycles. The van der Waals surface area contributed by atoms with Crippen molar-refractivity contribution in [1.29, 1.82) is 0 Å². The number of hydrogen-bond acceptors (Lipinski definition) is 2. The molecule has 1 saturated heterocycles. The van der Waals surface area contributed by atoms with Crippen LogP contribution in [0, 0.1) is 0 Å². The van der Waals surface area contributed by atoms with E-state index in [1.165, 1.54) is 37.8 Å². The maximum atomic E-state index is 3.85. The average Bonchev–Trinajstić information content (AvgIpc) is 3.32. The van der Waals surface area contributed by atoms with Gasteiger partial charge in [0.05, 0.1) is 0 Å². The highest BCUT2D eigenvalue weighted by Gasteiger charge is 2.43. The Morgan fingerprint density at radius 2 is 1.84 bits per heavy atom. The van der Waals surface area contributed by atoms with Gasteiger partial charge >= 0.3 is 0 Å². The van der Waals surface area contributed by atoms with Gasteiger partial charge in [0.1, 0.15) is 0 Å². The Morgan fingerprint density at radius 1 is 1.16 bits per heavy atom. The van der Waals surface area contributed by atoms with Gasteiger partial charge in [0.2, 0.25) is 0 Å². The lowest BCUT2D eigenvalue weighted by molar-refractivity contribution is 0.0654. The molecule has 2 nitrogen and oxygen atoms in total. The molecule has 3 rings (SSSR count). The molecule has 104 valence electrons. The number of nitrogens with one attached hydrogen (secondary N) is 1. The van der Waals surface area contributed by atoms with Crippen LogP contribution in [0.4, 0.5) is 0 Å². The summed E-state index contributed by atoms with van der Waals surface area (Å²) in [5.74, 6) is 0. The monoisotopic (exact) mass is 258 g/mol. The van der Waals surface area contributed by atoms with E-state index in [2.05, 4.69) is 54.4 Å². The first-order chi connectivity index (χ1) is 9.28. The van der Waals surface area contributed by atoms with Gasteiger partial charge < -0.3 is 5.32 Å². The van der Waals surface area contributed by atoms with Crippen molar-refractivity contribution in [3.05, 3.63) is 35.9 Å². The SMILES string of the molecule is CCC1(CC)CN(C2CC2)C(c2ccccc2)CN1. The van der Waals surface area contributed by atoms with E-state index in [0.29, 0.717) is 11.6 Å². The molecular formula is C17H26N2. The molecule has 1 aliphatic carbocycles. The predicted octanol–water partition coefficient (Wildman–Crippen LogP) is 3.35. The Bertz CT molecular complexity index is 407. The zero-order valence-electron chi connectivity index (χ0n) is 12.2. The van der Waals surface area contributed by atoms with Crippen LogP contribution in [0.5, 0.6) is 0 Å². The van der Waals surface area contributed by atoms with Crippen LogP contribution in [0.15, 0.2) is 30.3 Å². The van der Waals surface area contributed by atoms with Crippen molar-refractivity contribution in [2.45, 2.75) is 57.2 Å². The van der Waals surface area contributed by atoms with E-state index in [1.807, 2.05) is 0 Å². The highest BCUT2D eigenvalue weighted by molar-refractivity contribution is 5.22. The average molecular weight is 258 g/mol. The molecule has 0 aromatic heterocycles. The molecule has 1 saturated carbocycles. The van der Waals surface area contributed by atoms with Crippen LogP contribution >= 0.6 is 0 Å². The van der Waals surface area contributed by atoms with Crippen LogP contribution in [0.1, 0.15) is 51.1 Å². The molecule has 2 fully saturated rings. The number of hydrogen-bond donors (Lipinski definition) is 1. The van der Waals surface area contributed by atoms with Gasteiger partial charge in [-0.3, -0.25) is 4.90 Å². The van der Waals surface area contributed by atoms with Crippen molar-refractivity contribution >= 4 is 0 Å². The van der Waals surface area contributed by atoms with E-state index in [9.17, 15) is 0 Å². The molecule has 0 bridgehead atoms. The van der Waals surface area contributed by atoms with Crippen molar-refractivity contribution in [1.82, 2.24) is 10.2 Å². The summed E-state index contributed by atoms with van der Waals surface area (Å²) < 4.78 is 0. The third-order valence-electron chi connectivity index (χ3n) is 5.11. The molecule has 0 spiro atoms. The minimum Gasteiger partial charge on any atom is -0.308 e. The predicted molar refractivity (Wildman–Crippen MR) is 80.2 cm³/mol. The molecule has 19 heavy (non-hydrogen) atoms. The van der Waals surface area contributed by atoms with Gasteiger partial charge in [-0.05, 0) is 31.2 Å². The first-order valence-electron chi connectivity index (χ1n) is 7.84. The molecule has 1 N–H and O–H groups in total. The van der Waals surface area contributed by atoms with Gasteiger partial charge in [-0.1, -0.05) is 44.2 Å². The van der Waals surface area contributed by atoms with Gasteiger partial charge in [-0.15, -0.1) is 0 Å². The highest BCUT2D eigenvalue weighted by Crippen LogP contribution is 2.39. The first-order valence-corrected chi connectivity index (χ1v) is 7.84. The molecule has 1 heterocycles. The third-order valence-corrected chi connectivity index (χ3v) is 5.11. The lowest BCUT2D eigenvalue weighted by Crippen LogP contribution is -2.61. The van der Waals surface area contributed by atoms with E-state index in [1.54, 1.807) is 0 Å². The van der Waals surface area contributed by atoms with E-state index in [4.69, 9.17) is 0 Å². The second kappa shape index (κ2) is 5.26. The number of piperazine rings is 1. The summed E-state index contributed by atoms with van der Waals surface area (Å²) in [5.41, 5.74) is 1.82. The fourth-order valence-corrected chi connectivity index (χ4v) is 3.44. The van der Waals surface area contributed by atoms with Crippen molar-refractivity contribution in [3.63, 3.8) is 0 Å². The molecule has 0 amide bonds. The molecule has 2 aliphatic rings. The van der Waals surface area contributed by atoms with E-state index >= 15 is 0 Å². The zero-order valence-corrected chi connectivity index (χ0v) is 12.2. The fourth-order valence-electron chi connectivity index (χ4n) is 3.44. The van der Waals surface area contributed by atoms with E-state index in [0.717, 1.165) is 12.6 Å². The Hall–Kier alpha value is -0.860. The summed E-state index contributed by atoms with van der Waals surface area (Å²) >= 11 is 0. The maximum Gasteiger partial charge on any atom is 0.0476 e. The molecule has 1 unspecified atom stereocenters. The first kappa shape index (κ1) is 13.1. The summed E-state index contributed by atoms with van der Waals surface area (Å²) in [4.78, 5) is 2.78. The van der Waals surface area contributed by atoms with Gasteiger partial charge in [-0.25, -0.2) is 0 Å². The molecule has 2 heteroatoms.